The fourth-order valence-electron chi connectivity index (χ4n) is 5.64. The van der Waals surface area contributed by atoms with E-state index in [0.717, 1.165) is 35.5 Å². The summed E-state index contributed by atoms with van der Waals surface area (Å²) in [5.74, 6) is 1.80. The first-order valence-electron chi connectivity index (χ1n) is 15.9. The van der Waals surface area contributed by atoms with Crippen molar-refractivity contribution in [1.29, 1.82) is 0 Å². The number of aryl methyl sites for hydroxylation is 2. The van der Waals surface area contributed by atoms with E-state index in [1.165, 1.54) is 117 Å². The van der Waals surface area contributed by atoms with E-state index < -0.39 is 0 Å². The summed E-state index contributed by atoms with van der Waals surface area (Å²) in [7, 11) is 0. The van der Waals surface area contributed by atoms with E-state index in [1.807, 2.05) is 22.7 Å². The average molecular weight is 641 g/mol. The highest BCUT2D eigenvalue weighted by atomic mass is 32.1. The second-order valence-corrected chi connectivity index (χ2v) is 15.3. The molecule has 0 aliphatic carbocycles. The molecule has 0 atom stereocenters. The Morgan fingerprint density at radius 3 is 1.93 bits per heavy atom. The van der Waals surface area contributed by atoms with Crippen LogP contribution in [0.5, 0.6) is 11.5 Å². The SMILES string of the molecule is CCCCCCCCc1cc(C=O)sc1-c1ccc(-c2sc(-c3scc4c3OCCO4)cc2CCCCCCCC)s1. The van der Waals surface area contributed by atoms with Crippen LogP contribution in [0.1, 0.15) is 112 Å². The molecular formula is C35H44O3S4. The number of carbonyl (C=O) groups is 1. The van der Waals surface area contributed by atoms with Crippen molar-refractivity contribution < 1.29 is 14.3 Å². The van der Waals surface area contributed by atoms with Crippen molar-refractivity contribution >= 4 is 51.6 Å². The van der Waals surface area contributed by atoms with E-state index in [0.29, 0.717) is 13.2 Å². The van der Waals surface area contributed by atoms with Crippen molar-refractivity contribution in [3.05, 3.63) is 45.6 Å². The molecule has 0 aromatic carbocycles. The molecule has 226 valence electrons. The lowest BCUT2D eigenvalue weighted by atomic mass is 10.0. The Kier molecular flexibility index (Phi) is 12.2. The Balaban J connectivity index is 1.37. The van der Waals surface area contributed by atoms with Crippen molar-refractivity contribution in [2.45, 2.75) is 104 Å². The molecule has 0 saturated heterocycles. The van der Waals surface area contributed by atoms with Gasteiger partial charge in [0, 0.05) is 29.8 Å². The van der Waals surface area contributed by atoms with Crippen LogP contribution >= 0.6 is 45.3 Å². The molecule has 0 N–H and O–H groups in total. The Labute approximate surface area is 267 Å². The lowest BCUT2D eigenvalue weighted by Crippen LogP contribution is -2.14. The van der Waals surface area contributed by atoms with Gasteiger partial charge in [0.1, 0.15) is 13.2 Å². The third-order valence-electron chi connectivity index (χ3n) is 7.93. The first kappa shape index (κ1) is 31.5. The number of carbonyl (C=O) groups excluding carboxylic acids is 1. The van der Waals surface area contributed by atoms with Crippen LogP contribution in [0.4, 0.5) is 0 Å². The van der Waals surface area contributed by atoms with Gasteiger partial charge < -0.3 is 9.47 Å². The molecule has 0 amide bonds. The van der Waals surface area contributed by atoms with E-state index in [2.05, 4.69) is 43.5 Å². The Hall–Kier alpha value is -1.93. The highest BCUT2D eigenvalue weighted by Crippen LogP contribution is 2.51. The molecule has 1 aliphatic heterocycles. The molecule has 3 nitrogen and oxygen atoms in total. The van der Waals surface area contributed by atoms with Crippen LogP contribution in [0, 0.1) is 0 Å². The minimum Gasteiger partial charge on any atom is -0.485 e. The van der Waals surface area contributed by atoms with Gasteiger partial charge >= 0.3 is 0 Å². The monoisotopic (exact) mass is 640 g/mol. The van der Waals surface area contributed by atoms with E-state index in [4.69, 9.17) is 9.47 Å². The zero-order valence-corrected chi connectivity index (χ0v) is 28.4. The van der Waals surface area contributed by atoms with Gasteiger partial charge in [-0.2, -0.15) is 0 Å². The van der Waals surface area contributed by atoms with Gasteiger partial charge in [-0.15, -0.1) is 45.3 Å². The molecule has 7 heteroatoms. The smallest absolute Gasteiger partial charge is 0.180 e. The predicted octanol–water partition coefficient (Wildman–Crippen LogP) is 12.3. The molecular weight excluding hydrogens is 597 g/mol. The van der Waals surface area contributed by atoms with Gasteiger partial charge in [0.25, 0.3) is 0 Å². The lowest BCUT2D eigenvalue weighted by Gasteiger charge is -2.15. The van der Waals surface area contributed by atoms with E-state index >= 15 is 0 Å². The fraction of sp³-hybridized carbons (Fsp3) is 0.514. The molecule has 0 radical (unpaired) electrons. The van der Waals surface area contributed by atoms with Gasteiger partial charge in [-0.05, 0) is 61.1 Å². The number of rotatable bonds is 18. The molecule has 4 aromatic heterocycles. The number of hydrogen-bond acceptors (Lipinski definition) is 7. The zero-order chi connectivity index (χ0) is 29.1. The summed E-state index contributed by atoms with van der Waals surface area (Å²) in [6, 6.07) is 9.13. The van der Waals surface area contributed by atoms with Gasteiger partial charge in [0.05, 0.1) is 9.75 Å². The van der Waals surface area contributed by atoms with Crippen molar-refractivity contribution in [3.8, 4) is 40.8 Å². The van der Waals surface area contributed by atoms with Crippen LogP contribution < -0.4 is 9.47 Å². The molecule has 1 aliphatic rings. The molecule has 0 unspecified atom stereocenters. The Morgan fingerprint density at radius 2 is 1.26 bits per heavy atom. The summed E-state index contributed by atoms with van der Waals surface area (Å²) in [5, 5.41) is 2.09. The number of hydrogen-bond donors (Lipinski definition) is 0. The summed E-state index contributed by atoms with van der Waals surface area (Å²) in [5.41, 5.74) is 2.79. The highest BCUT2D eigenvalue weighted by molar-refractivity contribution is 7.28. The Morgan fingerprint density at radius 1 is 0.667 bits per heavy atom. The van der Waals surface area contributed by atoms with E-state index in [1.54, 1.807) is 22.7 Å². The average Bonchev–Trinajstić information content (AvgIpc) is 3.81. The molecule has 0 spiro atoms. The number of unbranched alkanes of at least 4 members (excludes halogenated alkanes) is 10. The van der Waals surface area contributed by atoms with Crippen molar-refractivity contribution in [2.75, 3.05) is 13.2 Å². The quantitative estimate of drug-likeness (QED) is 0.0802. The van der Waals surface area contributed by atoms with Gasteiger partial charge in [-0.3, -0.25) is 4.79 Å². The van der Waals surface area contributed by atoms with Crippen molar-refractivity contribution in [1.82, 2.24) is 0 Å². The van der Waals surface area contributed by atoms with Gasteiger partial charge in [0.2, 0.25) is 0 Å². The first-order chi connectivity index (χ1) is 20.7. The van der Waals surface area contributed by atoms with Crippen LogP contribution in [0.25, 0.3) is 29.3 Å². The Bertz CT molecular complexity index is 1410. The first-order valence-corrected chi connectivity index (χ1v) is 19.2. The van der Waals surface area contributed by atoms with E-state index in [9.17, 15) is 4.79 Å². The maximum atomic E-state index is 11.7. The summed E-state index contributed by atoms with van der Waals surface area (Å²) in [6.07, 6.45) is 18.7. The van der Waals surface area contributed by atoms with Crippen LogP contribution in [-0.2, 0) is 12.8 Å². The van der Waals surface area contributed by atoms with Gasteiger partial charge in [-0.1, -0.05) is 78.1 Å². The highest BCUT2D eigenvalue weighted by Gasteiger charge is 2.23. The maximum absolute atomic E-state index is 11.7. The van der Waals surface area contributed by atoms with Crippen molar-refractivity contribution in [3.63, 3.8) is 0 Å². The van der Waals surface area contributed by atoms with Crippen LogP contribution in [0.15, 0.2) is 29.6 Å². The lowest BCUT2D eigenvalue weighted by molar-refractivity contribution is 0.112. The minimum atomic E-state index is 0.610. The summed E-state index contributed by atoms with van der Waals surface area (Å²) < 4.78 is 11.9. The second kappa shape index (κ2) is 16.2. The molecule has 0 bridgehead atoms. The molecule has 0 saturated carbocycles. The molecule has 42 heavy (non-hydrogen) atoms. The zero-order valence-electron chi connectivity index (χ0n) is 25.1. The second-order valence-electron chi connectivity index (χ2n) is 11.2. The third kappa shape index (κ3) is 7.96. The van der Waals surface area contributed by atoms with Gasteiger partial charge in [-0.25, -0.2) is 0 Å². The number of fused-ring (bicyclic) bond motifs is 1. The van der Waals surface area contributed by atoms with Crippen LogP contribution in [-0.4, -0.2) is 19.5 Å². The number of aldehydes is 1. The standard InChI is InChI=1S/C35H44O3S4/c1-3-5-7-9-11-13-15-25-21-27(23-36)40-33(25)29-17-18-30(41-29)34-26(16-14-12-10-8-6-4-2)22-31(42-34)35-32-28(24-39-35)37-19-20-38-32/h17-18,21-24H,3-16,19-20H2,1-2H3. The van der Waals surface area contributed by atoms with Crippen LogP contribution in [0.3, 0.4) is 0 Å². The summed E-state index contributed by atoms with van der Waals surface area (Å²) in [4.78, 5) is 20.3. The van der Waals surface area contributed by atoms with Crippen LogP contribution in [0.2, 0.25) is 0 Å². The van der Waals surface area contributed by atoms with Crippen molar-refractivity contribution in [2.24, 2.45) is 0 Å². The largest absolute Gasteiger partial charge is 0.485 e. The summed E-state index contributed by atoms with van der Waals surface area (Å²) in [6.45, 7) is 5.77. The normalized spacial score (nSPS) is 12.7. The summed E-state index contributed by atoms with van der Waals surface area (Å²) >= 11 is 7.16. The fourth-order valence-corrected chi connectivity index (χ4v) is 10.2. The number of ether oxygens (including phenoxy) is 2. The molecule has 5 heterocycles. The van der Waals surface area contributed by atoms with Gasteiger partial charge in [0.15, 0.2) is 17.8 Å². The third-order valence-corrected chi connectivity index (χ3v) is 12.8. The minimum absolute atomic E-state index is 0.610. The molecule has 0 fully saturated rings. The number of thiophene rings is 4. The molecule has 4 aromatic rings. The van der Waals surface area contributed by atoms with E-state index in [-0.39, 0.29) is 0 Å². The maximum Gasteiger partial charge on any atom is 0.180 e. The molecule has 5 rings (SSSR count). The predicted molar refractivity (Wildman–Crippen MR) is 185 cm³/mol. The topological polar surface area (TPSA) is 35.5 Å².